The van der Waals surface area contributed by atoms with Crippen molar-refractivity contribution in [2.24, 2.45) is 5.73 Å². The second-order valence-electron chi connectivity index (χ2n) is 3.96. The van der Waals surface area contributed by atoms with Gasteiger partial charge in [0, 0.05) is 6.54 Å². The third kappa shape index (κ3) is 1.72. The molecule has 0 amide bonds. The second kappa shape index (κ2) is 3.57. The smallest absolute Gasteiger partial charge is 0.321 e. The Morgan fingerprint density at radius 2 is 2.21 bits per heavy atom. The average Bonchev–Trinajstić information content (AvgIpc) is 2.77. The molecule has 3 N–H and O–H groups in total. The summed E-state index contributed by atoms with van der Waals surface area (Å²) in [5.41, 5.74) is 5.76. The van der Waals surface area contributed by atoms with Gasteiger partial charge in [0.25, 0.3) is 0 Å². The summed E-state index contributed by atoms with van der Waals surface area (Å²) in [5, 5.41) is 6.99. The van der Waals surface area contributed by atoms with E-state index in [2.05, 4.69) is 15.5 Å². The fourth-order valence-corrected chi connectivity index (χ4v) is 2.01. The molecule has 0 unspecified atom stereocenters. The van der Waals surface area contributed by atoms with E-state index >= 15 is 0 Å². The summed E-state index contributed by atoms with van der Waals surface area (Å²) >= 11 is 0. The molecule has 1 fully saturated rings. The fraction of sp³-hybridized carbons (Fsp3) is 0.778. The predicted octanol–water partition coefficient (Wildman–Crippen LogP) is 1.06. The molecule has 0 aromatic carbocycles. The van der Waals surface area contributed by atoms with Gasteiger partial charge >= 0.3 is 6.01 Å². The fourth-order valence-electron chi connectivity index (χ4n) is 2.01. The minimum absolute atomic E-state index is 0.0149. The van der Waals surface area contributed by atoms with Crippen molar-refractivity contribution in [2.75, 3.05) is 11.9 Å². The molecule has 5 nitrogen and oxygen atoms in total. The largest absolute Gasteiger partial charge is 0.331 e. The Balaban J connectivity index is 2.08. The van der Waals surface area contributed by atoms with E-state index in [-0.39, 0.29) is 5.54 Å². The van der Waals surface area contributed by atoms with Gasteiger partial charge in [-0.3, -0.25) is 0 Å². The van der Waals surface area contributed by atoms with E-state index in [1.807, 2.05) is 0 Å². The van der Waals surface area contributed by atoms with E-state index in [1.165, 1.54) is 12.8 Å². The number of aromatic nitrogens is 2. The lowest BCUT2D eigenvalue weighted by Gasteiger charge is -2.27. The quantitative estimate of drug-likeness (QED) is 0.756. The molecule has 78 valence electrons. The molecule has 14 heavy (non-hydrogen) atoms. The Morgan fingerprint density at radius 3 is 2.71 bits per heavy atom. The first-order valence-electron chi connectivity index (χ1n) is 5.03. The Hall–Kier alpha value is -1.10. The molecule has 5 heteroatoms. The molecule has 0 saturated heterocycles. The number of nitrogens with two attached hydrogens (primary N) is 1. The Bertz CT molecular complexity index is 304. The van der Waals surface area contributed by atoms with Gasteiger partial charge in [-0.25, -0.2) is 0 Å². The molecule has 0 bridgehead atoms. The van der Waals surface area contributed by atoms with Crippen LogP contribution >= 0.6 is 0 Å². The zero-order valence-electron chi connectivity index (χ0n) is 8.42. The van der Waals surface area contributed by atoms with Gasteiger partial charge in [0.1, 0.15) is 0 Å². The van der Waals surface area contributed by atoms with E-state index in [4.69, 9.17) is 10.3 Å². The van der Waals surface area contributed by atoms with Gasteiger partial charge in [-0.15, -0.1) is 0 Å². The van der Waals surface area contributed by atoms with Gasteiger partial charge < -0.3 is 15.6 Å². The van der Waals surface area contributed by atoms with Crippen LogP contribution in [-0.2, 0) is 0 Å². The molecule has 1 heterocycles. The van der Waals surface area contributed by atoms with Crippen LogP contribution in [0.15, 0.2) is 4.52 Å². The maximum Gasteiger partial charge on any atom is 0.321 e. The molecule has 1 aromatic heterocycles. The topological polar surface area (TPSA) is 77.0 Å². The van der Waals surface area contributed by atoms with Gasteiger partial charge in [-0.1, -0.05) is 18.0 Å². The lowest BCUT2D eigenvalue weighted by atomic mass is 9.98. The molecule has 0 atom stereocenters. The molecule has 1 aromatic rings. The average molecular weight is 196 g/mol. The van der Waals surface area contributed by atoms with Crippen molar-refractivity contribution in [3.05, 3.63) is 5.82 Å². The van der Waals surface area contributed by atoms with Crippen LogP contribution < -0.4 is 11.1 Å². The number of hydrogen-bond acceptors (Lipinski definition) is 5. The molecule has 1 aliphatic carbocycles. The third-order valence-corrected chi connectivity index (χ3v) is 2.85. The molecular formula is C9H16N4O. The van der Waals surface area contributed by atoms with Crippen LogP contribution in [0.3, 0.4) is 0 Å². The first-order chi connectivity index (χ1) is 6.74. The van der Waals surface area contributed by atoms with Crippen molar-refractivity contribution in [1.29, 1.82) is 0 Å². The van der Waals surface area contributed by atoms with Crippen LogP contribution in [0.25, 0.3) is 0 Å². The number of rotatable bonds is 3. The number of nitrogens with zero attached hydrogens (tertiary/aromatic N) is 2. The summed E-state index contributed by atoms with van der Waals surface area (Å²) in [4.78, 5) is 4.12. The third-order valence-electron chi connectivity index (χ3n) is 2.85. The number of anilines is 1. The zero-order chi connectivity index (χ0) is 10.0. The van der Waals surface area contributed by atoms with Crippen molar-refractivity contribution in [3.8, 4) is 0 Å². The van der Waals surface area contributed by atoms with Crippen molar-refractivity contribution in [2.45, 2.75) is 38.1 Å². The highest BCUT2D eigenvalue weighted by atomic mass is 16.5. The molecule has 1 aliphatic rings. The molecule has 1 saturated carbocycles. The van der Waals surface area contributed by atoms with Crippen molar-refractivity contribution >= 4 is 6.01 Å². The second-order valence-corrected chi connectivity index (χ2v) is 3.96. The van der Waals surface area contributed by atoms with Crippen LogP contribution in [0.1, 0.15) is 31.5 Å². The van der Waals surface area contributed by atoms with E-state index in [0.717, 1.165) is 12.8 Å². The van der Waals surface area contributed by atoms with E-state index < -0.39 is 0 Å². The summed E-state index contributed by atoms with van der Waals surface area (Å²) < 4.78 is 5.03. The normalized spacial score (nSPS) is 19.9. The van der Waals surface area contributed by atoms with E-state index in [0.29, 0.717) is 18.4 Å². The highest BCUT2D eigenvalue weighted by Gasteiger charge is 2.33. The molecule has 0 radical (unpaired) electrons. The summed E-state index contributed by atoms with van der Waals surface area (Å²) in [6.45, 7) is 2.42. The van der Waals surface area contributed by atoms with Crippen molar-refractivity contribution in [1.82, 2.24) is 10.1 Å². The molecule has 2 rings (SSSR count). The first kappa shape index (κ1) is 9.45. The zero-order valence-corrected chi connectivity index (χ0v) is 8.42. The highest BCUT2D eigenvalue weighted by molar-refractivity contribution is 5.26. The maximum absolute atomic E-state index is 5.77. The number of hydrogen-bond donors (Lipinski definition) is 2. The summed E-state index contributed by atoms with van der Waals surface area (Å²) in [7, 11) is 0. The highest BCUT2D eigenvalue weighted by Crippen LogP contribution is 2.31. The van der Waals surface area contributed by atoms with Crippen molar-refractivity contribution in [3.63, 3.8) is 0 Å². The lowest BCUT2D eigenvalue weighted by Crippen LogP contribution is -2.42. The van der Waals surface area contributed by atoms with Gasteiger partial charge in [0.05, 0.1) is 5.54 Å². The van der Waals surface area contributed by atoms with E-state index in [9.17, 15) is 0 Å². The van der Waals surface area contributed by atoms with Gasteiger partial charge in [0.15, 0.2) is 5.82 Å². The van der Waals surface area contributed by atoms with E-state index in [1.54, 1.807) is 6.92 Å². The summed E-state index contributed by atoms with van der Waals surface area (Å²) in [5.74, 6) is 0.651. The Morgan fingerprint density at radius 1 is 1.50 bits per heavy atom. The number of nitrogens with one attached hydrogen (secondary N) is 1. The summed E-state index contributed by atoms with van der Waals surface area (Å²) in [6, 6.07) is 0.495. The van der Waals surface area contributed by atoms with Gasteiger partial charge in [-0.2, -0.15) is 4.98 Å². The van der Waals surface area contributed by atoms with Crippen LogP contribution in [0, 0.1) is 6.92 Å². The predicted molar refractivity (Wildman–Crippen MR) is 52.9 cm³/mol. The van der Waals surface area contributed by atoms with Crippen LogP contribution in [-0.4, -0.2) is 22.2 Å². The van der Waals surface area contributed by atoms with Crippen LogP contribution in [0.4, 0.5) is 6.01 Å². The Labute approximate surface area is 83.1 Å². The van der Waals surface area contributed by atoms with Crippen LogP contribution in [0.2, 0.25) is 0 Å². The SMILES string of the molecule is Cc1noc(NC2(CN)CCCC2)n1. The minimum atomic E-state index is -0.0149. The van der Waals surface area contributed by atoms with Crippen LogP contribution in [0.5, 0.6) is 0 Å². The maximum atomic E-state index is 5.77. The monoisotopic (exact) mass is 196 g/mol. The lowest BCUT2D eigenvalue weighted by molar-refractivity contribution is 0.399. The Kier molecular flexibility index (Phi) is 2.41. The van der Waals surface area contributed by atoms with Crippen molar-refractivity contribution < 1.29 is 4.52 Å². The molecular weight excluding hydrogens is 180 g/mol. The molecule has 0 spiro atoms. The van der Waals surface area contributed by atoms with Gasteiger partial charge in [0.2, 0.25) is 0 Å². The standard InChI is InChI=1S/C9H16N4O/c1-7-11-8(14-13-7)12-9(6-10)4-2-3-5-9/h2-6,10H2,1H3,(H,11,12,13). The number of aryl methyl sites for hydroxylation is 1. The minimum Gasteiger partial charge on any atom is -0.331 e. The summed E-state index contributed by atoms with van der Waals surface area (Å²) in [6.07, 6.45) is 4.62. The first-order valence-corrected chi connectivity index (χ1v) is 5.03. The van der Waals surface area contributed by atoms with Gasteiger partial charge in [-0.05, 0) is 19.8 Å². The molecule has 0 aliphatic heterocycles.